The van der Waals surface area contributed by atoms with Gasteiger partial charge in [0, 0.05) is 17.1 Å². The first-order chi connectivity index (χ1) is 12.7. The normalized spacial score (nSPS) is 10.4. The summed E-state index contributed by atoms with van der Waals surface area (Å²) in [5.74, 6) is 0.559. The number of nitrogens with zero attached hydrogens (tertiary/aromatic N) is 1. The van der Waals surface area contributed by atoms with Crippen LogP contribution in [0.1, 0.15) is 10.4 Å². The van der Waals surface area contributed by atoms with E-state index in [1.807, 2.05) is 35.2 Å². The summed E-state index contributed by atoms with van der Waals surface area (Å²) < 4.78 is 18.3. The SMILES string of the molecule is COc1ccc(N(Cc2cccs2)C(=S)NCc2ccc(F)cc2)cc1. The van der Waals surface area contributed by atoms with Gasteiger partial charge >= 0.3 is 0 Å². The fourth-order valence-corrected chi connectivity index (χ4v) is 3.41. The molecule has 0 spiro atoms. The lowest BCUT2D eigenvalue weighted by atomic mass is 10.2. The van der Waals surface area contributed by atoms with E-state index in [9.17, 15) is 4.39 Å². The fraction of sp³-hybridized carbons (Fsp3) is 0.150. The molecule has 3 nitrogen and oxygen atoms in total. The molecule has 6 heteroatoms. The molecule has 3 aromatic rings. The van der Waals surface area contributed by atoms with Crippen molar-refractivity contribution in [2.45, 2.75) is 13.1 Å². The van der Waals surface area contributed by atoms with Crippen LogP contribution in [0.4, 0.5) is 10.1 Å². The van der Waals surface area contributed by atoms with Crippen molar-refractivity contribution in [2.75, 3.05) is 12.0 Å². The molecule has 1 aromatic heterocycles. The van der Waals surface area contributed by atoms with Crippen LogP contribution >= 0.6 is 23.6 Å². The molecule has 0 aliphatic rings. The summed E-state index contributed by atoms with van der Waals surface area (Å²) in [6.07, 6.45) is 0. The van der Waals surface area contributed by atoms with Gasteiger partial charge in [-0.3, -0.25) is 0 Å². The highest BCUT2D eigenvalue weighted by Gasteiger charge is 2.14. The van der Waals surface area contributed by atoms with Crippen molar-refractivity contribution in [3.05, 3.63) is 82.3 Å². The van der Waals surface area contributed by atoms with Gasteiger partial charge in [-0.15, -0.1) is 11.3 Å². The number of thiophene rings is 1. The Morgan fingerprint density at radius 2 is 1.85 bits per heavy atom. The molecule has 0 fully saturated rings. The number of halogens is 1. The van der Waals surface area contributed by atoms with E-state index in [2.05, 4.69) is 16.8 Å². The summed E-state index contributed by atoms with van der Waals surface area (Å²) in [5, 5.41) is 5.94. The minimum atomic E-state index is -0.242. The maximum Gasteiger partial charge on any atom is 0.174 e. The van der Waals surface area contributed by atoms with Gasteiger partial charge in [0.1, 0.15) is 11.6 Å². The van der Waals surface area contributed by atoms with Gasteiger partial charge in [0.25, 0.3) is 0 Å². The highest BCUT2D eigenvalue weighted by atomic mass is 32.1. The Balaban J connectivity index is 1.74. The number of ether oxygens (including phenoxy) is 1. The van der Waals surface area contributed by atoms with Gasteiger partial charge < -0.3 is 15.0 Å². The fourth-order valence-electron chi connectivity index (χ4n) is 2.48. The van der Waals surface area contributed by atoms with Crippen LogP contribution < -0.4 is 15.0 Å². The summed E-state index contributed by atoms with van der Waals surface area (Å²) in [7, 11) is 1.65. The van der Waals surface area contributed by atoms with E-state index < -0.39 is 0 Å². The number of hydrogen-bond donors (Lipinski definition) is 1. The standard InChI is InChI=1S/C20H19FN2OS2/c1-24-18-10-8-17(9-11-18)23(14-19-3-2-12-26-19)20(25)22-13-15-4-6-16(21)7-5-15/h2-12H,13-14H2,1H3,(H,22,25). The molecule has 0 bridgehead atoms. The Morgan fingerprint density at radius 1 is 1.12 bits per heavy atom. The molecule has 0 aliphatic carbocycles. The van der Waals surface area contributed by atoms with Crippen LogP contribution in [0.15, 0.2) is 66.0 Å². The third-order valence-corrected chi connectivity index (χ3v) is 5.11. The Hall–Kier alpha value is -2.44. The Kier molecular flexibility index (Phi) is 6.20. The molecule has 0 atom stereocenters. The van der Waals surface area contributed by atoms with Crippen LogP contribution in [0.5, 0.6) is 5.75 Å². The maximum absolute atomic E-state index is 13.0. The number of thiocarbonyl (C=S) groups is 1. The average molecular weight is 387 g/mol. The van der Waals surface area contributed by atoms with Crippen molar-refractivity contribution < 1.29 is 9.13 Å². The largest absolute Gasteiger partial charge is 0.497 e. The first-order valence-corrected chi connectivity index (χ1v) is 9.41. The second kappa shape index (κ2) is 8.78. The molecule has 0 saturated heterocycles. The van der Waals surface area contributed by atoms with Gasteiger partial charge in [0.05, 0.1) is 13.7 Å². The number of nitrogens with one attached hydrogen (secondary N) is 1. The predicted molar refractivity (Wildman–Crippen MR) is 109 cm³/mol. The van der Waals surface area contributed by atoms with Gasteiger partial charge in [-0.1, -0.05) is 18.2 Å². The first-order valence-electron chi connectivity index (χ1n) is 8.12. The lowest BCUT2D eigenvalue weighted by molar-refractivity contribution is 0.415. The minimum absolute atomic E-state index is 0.242. The third kappa shape index (κ3) is 4.80. The van der Waals surface area contributed by atoms with Gasteiger partial charge in [0.15, 0.2) is 5.11 Å². The van der Waals surface area contributed by atoms with E-state index in [1.165, 1.54) is 17.0 Å². The van der Waals surface area contributed by atoms with Crippen LogP contribution in [0.2, 0.25) is 0 Å². The molecule has 134 valence electrons. The quantitative estimate of drug-likeness (QED) is 0.604. The smallest absolute Gasteiger partial charge is 0.174 e. The van der Waals surface area contributed by atoms with Crippen molar-refractivity contribution in [3.63, 3.8) is 0 Å². The molecule has 2 aromatic carbocycles. The Labute approximate surface area is 162 Å². The second-order valence-electron chi connectivity index (χ2n) is 5.65. The van der Waals surface area contributed by atoms with E-state index in [1.54, 1.807) is 30.6 Å². The van der Waals surface area contributed by atoms with Crippen molar-refractivity contribution in [3.8, 4) is 5.75 Å². The van der Waals surface area contributed by atoms with Crippen LogP contribution in [0.3, 0.4) is 0 Å². The number of benzene rings is 2. The number of hydrogen-bond acceptors (Lipinski definition) is 3. The molecule has 0 saturated carbocycles. The average Bonchev–Trinajstić information content (AvgIpc) is 3.19. The van der Waals surface area contributed by atoms with Gasteiger partial charge in [-0.25, -0.2) is 4.39 Å². The summed E-state index contributed by atoms with van der Waals surface area (Å²) >= 11 is 7.32. The zero-order valence-electron chi connectivity index (χ0n) is 14.3. The summed E-state index contributed by atoms with van der Waals surface area (Å²) in [4.78, 5) is 3.26. The van der Waals surface area contributed by atoms with Crippen LogP contribution in [0.25, 0.3) is 0 Å². The Morgan fingerprint density at radius 3 is 2.46 bits per heavy atom. The molecule has 0 aliphatic heterocycles. The third-order valence-electron chi connectivity index (χ3n) is 3.88. The van der Waals surface area contributed by atoms with Crippen LogP contribution in [-0.2, 0) is 13.1 Å². The molecule has 0 amide bonds. The lowest BCUT2D eigenvalue weighted by Gasteiger charge is -2.26. The Bertz CT molecular complexity index is 833. The van der Waals surface area contributed by atoms with Gasteiger partial charge in [-0.2, -0.15) is 0 Å². The highest BCUT2D eigenvalue weighted by Crippen LogP contribution is 2.23. The summed E-state index contributed by atoms with van der Waals surface area (Å²) in [5.41, 5.74) is 1.95. The lowest BCUT2D eigenvalue weighted by Crippen LogP contribution is -2.38. The molecule has 0 radical (unpaired) electrons. The highest BCUT2D eigenvalue weighted by molar-refractivity contribution is 7.80. The van der Waals surface area contributed by atoms with E-state index in [4.69, 9.17) is 17.0 Å². The van der Waals surface area contributed by atoms with Crippen molar-refractivity contribution in [2.24, 2.45) is 0 Å². The molecular weight excluding hydrogens is 367 g/mol. The van der Waals surface area contributed by atoms with Gasteiger partial charge in [-0.05, 0) is 65.6 Å². The molecule has 3 rings (SSSR count). The molecule has 26 heavy (non-hydrogen) atoms. The number of anilines is 1. The predicted octanol–water partition coefficient (Wildman–Crippen LogP) is 4.98. The minimum Gasteiger partial charge on any atom is -0.497 e. The van der Waals surface area contributed by atoms with Crippen LogP contribution in [-0.4, -0.2) is 12.2 Å². The molecule has 1 N–H and O–H groups in total. The van der Waals surface area contributed by atoms with Crippen LogP contribution in [0, 0.1) is 5.82 Å². The molecule has 0 unspecified atom stereocenters. The summed E-state index contributed by atoms with van der Waals surface area (Å²) in [6, 6.07) is 18.3. The van der Waals surface area contributed by atoms with Crippen molar-refractivity contribution in [1.29, 1.82) is 0 Å². The maximum atomic E-state index is 13.0. The van der Waals surface area contributed by atoms with E-state index in [0.717, 1.165) is 17.0 Å². The molecule has 1 heterocycles. The van der Waals surface area contributed by atoms with E-state index in [0.29, 0.717) is 18.2 Å². The summed E-state index contributed by atoms with van der Waals surface area (Å²) in [6.45, 7) is 1.22. The number of rotatable bonds is 6. The monoisotopic (exact) mass is 386 g/mol. The second-order valence-corrected chi connectivity index (χ2v) is 7.07. The van der Waals surface area contributed by atoms with Gasteiger partial charge in [0.2, 0.25) is 0 Å². The van der Waals surface area contributed by atoms with Crippen molar-refractivity contribution in [1.82, 2.24) is 5.32 Å². The topological polar surface area (TPSA) is 24.5 Å². The van der Waals surface area contributed by atoms with E-state index in [-0.39, 0.29) is 5.82 Å². The molecular formula is C20H19FN2OS2. The van der Waals surface area contributed by atoms with Crippen molar-refractivity contribution >= 4 is 34.4 Å². The zero-order chi connectivity index (χ0) is 18.4. The number of methoxy groups -OCH3 is 1. The van der Waals surface area contributed by atoms with E-state index >= 15 is 0 Å². The zero-order valence-corrected chi connectivity index (χ0v) is 15.9. The first kappa shape index (κ1) is 18.4.